The first-order valence-corrected chi connectivity index (χ1v) is 9.91. The number of benzene rings is 1. The van der Waals surface area contributed by atoms with E-state index in [1.165, 1.54) is 0 Å². The van der Waals surface area contributed by atoms with Crippen molar-refractivity contribution in [3.63, 3.8) is 0 Å². The number of pyridine rings is 1. The lowest BCUT2D eigenvalue weighted by atomic mass is 10.1. The summed E-state index contributed by atoms with van der Waals surface area (Å²) in [6, 6.07) is 9.66. The van der Waals surface area contributed by atoms with Crippen LogP contribution < -0.4 is 16.4 Å². The molecule has 10 heteroatoms. The molecule has 0 spiro atoms. The fraction of sp³-hybridized carbons (Fsp3) is 0.238. The average Bonchev–Trinajstić information content (AvgIpc) is 3.15. The van der Waals surface area contributed by atoms with Gasteiger partial charge in [0.15, 0.2) is 0 Å². The van der Waals surface area contributed by atoms with Gasteiger partial charge in [0, 0.05) is 22.4 Å². The van der Waals surface area contributed by atoms with E-state index in [0.29, 0.717) is 17.9 Å². The van der Waals surface area contributed by atoms with E-state index in [1.54, 1.807) is 29.7 Å². The molecule has 4 N–H and O–H groups in total. The Morgan fingerprint density at radius 1 is 1.32 bits per heavy atom. The lowest BCUT2D eigenvalue weighted by Crippen LogP contribution is -2.36. The molecule has 0 bridgehead atoms. The third-order valence-electron chi connectivity index (χ3n) is 4.49. The minimum Gasteiger partial charge on any atom is -0.330 e. The first-order valence-electron chi connectivity index (χ1n) is 9.46. The van der Waals surface area contributed by atoms with Crippen LogP contribution in [0.25, 0.3) is 21.8 Å². The molecule has 1 atom stereocenters. The summed E-state index contributed by atoms with van der Waals surface area (Å²) in [5, 5.41) is 4.18. The van der Waals surface area contributed by atoms with Gasteiger partial charge < -0.3 is 16.4 Å². The number of hydrogen-bond acceptors (Lipinski definition) is 4. The van der Waals surface area contributed by atoms with Gasteiger partial charge in [0.1, 0.15) is 12.2 Å². The predicted octanol–water partition coefficient (Wildman–Crippen LogP) is 4.55. The molecule has 2 heterocycles. The summed E-state index contributed by atoms with van der Waals surface area (Å²) >= 11 is 4.55. The molecule has 0 radical (unpaired) electrons. The molecule has 164 valence electrons. The maximum absolute atomic E-state index is 12.2. The number of amides is 2. The van der Waals surface area contributed by atoms with E-state index in [1.807, 2.05) is 41.8 Å². The van der Waals surface area contributed by atoms with Gasteiger partial charge in [-0.2, -0.15) is 13.2 Å². The zero-order chi connectivity index (χ0) is 22.6. The highest BCUT2D eigenvalue weighted by Crippen LogP contribution is 2.27. The van der Waals surface area contributed by atoms with Crippen molar-refractivity contribution in [2.45, 2.75) is 13.1 Å². The van der Waals surface area contributed by atoms with Crippen LogP contribution in [0.5, 0.6) is 0 Å². The van der Waals surface area contributed by atoms with Crippen LogP contribution in [0.4, 0.5) is 23.7 Å². The van der Waals surface area contributed by atoms with Crippen molar-refractivity contribution in [1.29, 1.82) is 0 Å². The van der Waals surface area contributed by atoms with Gasteiger partial charge in [0.25, 0.3) is 0 Å². The topological polar surface area (TPSA) is 84.5 Å². The molecular weight excluding hydrogens is 427 g/mol. The molecule has 1 aromatic carbocycles. The van der Waals surface area contributed by atoms with Crippen molar-refractivity contribution in [3.8, 4) is 11.3 Å². The number of fused-ring (bicyclic) bond motifs is 1. The number of halogens is 3. The molecule has 0 aliphatic rings. The Kier molecular flexibility index (Phi) is 6.91. The van der Waals surface area contributed by atoms with E-state index in [2.05, 4.69) is 22.9 Å². The molecule has 6 nitrogen and oxygen atoms in total. The molecular formula is C21H22F3N5OS. The highest BCUT2D eigenvalue weighted by atomic mass is 32.1. The normalized spacial score (nSPS) is 13.3. The van der Waals surface area contributed by atoms with Crippen LogP contribution in [-0.2, 0) is 0 Å². The smallest absolute Gasteiger partial charge is 0.330 e. The second-order valence-electron chi connectivity index (χ2n) is 7.06. The van der Waals surface area contributed by atoms with Gasteiger partial charge in [-0.05, 0) is 42.3 Å². The van der Waals surface area contributed by atoms with Gasteiger partial charge in [-0.3, -0.25) is 4.40 Å². The molecule has 0 aliphatic carbocycles. The van der Waals surface area contributed by atoms with Crippen molar-refractivity contribution in [2.24, 2.45) is 11.7 Å². The summed E-state index contributed by atoms with van der Waals surface area (Å²) in [5.41, 5.74) is 9.14. The van der Waals surface area contributed by atoms with Gasteiger partial charge in [-0.1, -0.05) is 25.1 Å². The van der Waals surface area contributed by atoms with Crippen LogP contribution in [0.1, 0.15) is 12.5 Å². The quantitative estimate of drug-likeness (QED) is 0.417. The van der Waals surface area contributed by atoms with Crippen molar-refractivity contribution < 1.29 is 18.0 Å². The highest BCUT2D eigenvalue weighted by Gasteiger charge is 2.27. The van der Waals surface area contributed by atoms with Crippen molar-refractivity contribution in [3.05, 3.63) is 60.4 Å². The summed E-state index contributed by atoms with van der Waals surface area (Å²) in [5.74, 6) is 0.197. The van der Waals surface area contributed by atoms with Crippen molar-refractivity contribution in [1.82, 2.24) is 14.7 Å². The lowest BCUT2D eigenvalue weighted by Gasteiger charge is -2.11. The third kappa shape index (κ3) is 6.02. The Hall–Kier alpha value is -2.98. The van der Waals surface area contributed by atoms with Gasteiger partial charge in [-0.15, -0.1) is 12.6 Å². The first kappa shape index (κ1) is 22.7. The Balaban J connectivity index is 1.82. The maximum Gasteiger partial charge on any atom is 0.405 e. The molecule has 2 aromatic heterocycles. The summed E-state index contributed by atoms with van der Waals surface area (Å²) in [4.78, 5) is 17.0. The molecule has 31 heavy (non-hydrogen) atoms. The first-order chi connectivity index (χ1) is 14.7. The van der Waals surface area contributed by atoms with Crippen molar-refractivity contribution in [2.75, 3.05) is 18.4 Å². The van der Waals surface area contributed by atoms with E-state index < -0.39 is 18.8 Å². The van der Waals surface area contributed by atoms with E-state index in [9.17, 15) is 18.0 Å². The molecule has 1 unspecified atom stereocenters. The second kappa shape index (κ2) is 9.44. The summed E-state index contributed by atoms with van der Waals surface area (Å²) in [6.45, 7) is 1.13. The molecule has 0 saturated carbocycles. The van der Waals surface area contributed by atoms with E-state index in [4.69, 9.17) is 5.73 Å². The number of carbonyl (C=O) groups is 1. The second-order valence-corrected chi connectivity index (χ2v) is 7.54. The van der Waals surface area contributed by atoms with Crippen LogP contribution in [0.15, 0.2) is 54.9 Å². The van der Waals surface area contributed by atoms with Crippen molar-refractivity contribution >= 4 is 34.9 Å². The number of thiol groups is 1. The zero-order valence-corrected chi connectivity index (χ0v) is 17.5. The zero-order valence-electron chi connectivity index (χ0n) is 16.6. The Morgan fingerprint density at radius 3 is 2.81 bits per heavy atom. The van der Waals surface area contributed by atoms with E-state index in [-0.39, 0.29) is 5.92 Å². The number of carbonyl (C=O) groups excluding carboxylic acids is 1. The minimum atomic E-state index is -4.47. The van der Waals surface area contributed by atoms with Crippen LogP contribution >= 0.6 is 12.6 Å². The highest BCUT2D eigenvalue weighted by molar-refractivity contribution is 7.90. The minimum absolute atomic E-state index is 0.197. The number of rotatable bonds is 6. The van der Waals surface area contributed by atoms with Crippen LogP contribution in [0.2, 0.25) is 0 Å². The van der Waals surface area contributed by atoms with Crippen LogP contribution in [-0.4, -0.2) is 34.7 Å². The molecule has 3 aromatic rings. The molecule has 0 aliphatic heterocycles. The van der Waals surface area contributed by atoms with Gasteiger partial charge in [0.05, 0.1) is 11.9 Å². The van der Waals surface area contributed by atoms with Crippen LogP contribution in [0.3, 0.4) is 0 Å². The van der Waals surface area contributed by atoms with Crippen LogP contribution in [0, 0.1) is 5.92 Å². The number of aromatic nitrogens is 2. The lowest BCUT2D eigenvalue weighted by molar-refractivity contribution is -0.122. The fourth-order valence-electron chi connectivity index (χ4n) is 2.90. The number of nitrogens with one attached hydrogen (secondary N) is 2. The number of alkyl halides is 3. The number of anilines is 1. The van der Waals surface area contributed by atoms with E-state index in [0.717, 1.165) is 21.7 Å². The van der Waals surface area contributed by atoms with Gasteiger partial charge >= 0.3 is 12.2 Å². The summed E-state index contributed by atoms with van der Waals surface area (Å²) in [6.07, 6.45) is 1.06. The largest absolute Gasteiger partial charge is 0.405 e. The molecule has 0 saturated heterocycles. The maximum atomic E-state index is 12.2. The third-order valence-corrected chi connectivity index (χ3v) is 4.90. The monoisotopic (exact) mass is 449 g/mol. The Morgan fingerprint density at radius 2 is 2.10 bits per heavy atom. The molecule has 2 amide bonds. The van der Waals surface area contributed by atoms with E-state index >= 15 is 0 Å². The Bertz CT molecular complexity index is 1110. The predicted molar refractivity (Wildman–Crippen MR) is 119 cm³/mol. The summed E-state index contributed by atoms with van der Waals surface area (Å²) < 4.78 is 38.6. The number of hydrogen-bond donors (Lipinski definition) is 4. The molecule has 0 fully saturated rings. The average molecular weight is 450 g/mol. The number of nitrogens with zero attached hydrogens (tertiary/aromatic N) is 2. The number of nitrogens with two attached hydrogens (primary N) is 1. The SMILES string of the molecule is CC(/C=C(\S)c1ccn2c(-c3cccc(NC(=O)NCC(F)(F)F)c3)cnc2c1)CN. The van der Waals surface area contributed by atoms with Gasteiger partial charge in [0.2, 0.25) is 0 Å². The fourth-order valence-corrected chi connectivity index (χ4v) is 3.29. The Labute approximate surface area is 182 Å². The number of imidazole rings is 1. The summed E-state index contributed by atoms with van der Waals surface area (Å²) in [7, 11) is 0. The standard InChI is InChI=1S/C21H22F3N5OS/c1-13(10-25)7-18(31)15-5-6-29-17(11-26-19(29)9-15)14-3-2-4-16(8-14)28-20(30)27-12-21(22,23)24/h2-9,11,13,31H,10,12,25H2,1H3,(H2,27,28,30)/b18-7-. The van der Waals surface area contributed by atoms with Gasteiger partial charge in [-0.25, -0.2) is 9.78 Å². The number of urea groups is 1. The molecule has 3 rings (SSSR count).